The molecule has 0 radical (unpaired) electrons. The molecule has 2 aromatic heterocycles. The molecule has 4 rings (SSSR count). The number of hydrogen-bond acceptors (Lipinski definition) is 2. The molecular weight excluding hydrogens is 322 g/mol. The average Bonchev–Trinajstić information content (AvgIpc) is 3.03. The molecular formula is C22H25N3O. The lowest BCUT2D eigenvalue weighted by molar-refractivity contribution is -0.135. The first-order valence-corrected chi connectivity index (χ1v) is 9.46. The van der Waals surface area contributed by atoms with E-state index in [4.69, 9.17) is 0 Å². The number of carbonyl (C=O) groups is 1. The summed E-state index contributed by atoms with van der Waals surface area (Å²) in [6, 6.07) is 12.6. The Hall–Kier alpha value is -2.62. The van der Waals surface area contributed by atoms with Gasteiger partial charge in [0.15, 0.2) is 0 Å². The molecule has 3 aromatic rings. The first-order valence-electron chi connectivity index (χ1n) is 9.46. The zero-order chi connectivity index (χ0) is 17.9. The standard InChI is InChI=1S/C22H25N3O/c1-24-16-18(19-8-2-3-10-21(19)24)11-12-22(26)25-14-5-4-9-20(25)17-7-6-13-23-15-17/h2-3,6-8,10,13,15-16,20H,4-5,9,11-12,14H2,1H3/t20-/m1/s1. The van der Waals surface area contributed by atoms with Crippen molar-refractivity contribution in [2.45, 2.75) is 38.1 Å². The summed E-state index contributed by atoms with van der Waals surface area (Å²) in [5, 5.41) is 1.25. The molecule has 1 saturated heterocycles. The fraction of sp³-hybridized carbons (Fsp3) is 0.364. The van der Waals surface area contributed by atoms with Gasteiger partial charge in [-0.3, -0.25) is 9.78 Å². The minimum Gasteiger partial charge on any atom is -0.350 e. The lowest BCUT2D eigenvalue weighted by Crippen LogP contribution is -2.38. The molecule has 0 spiro atoms. The number of aromatic nitrogens is 2. The summed E-state index contributed by atoms with van der Waals surface area (Å²) in [6.45, 7) is 0.855. The van der Waals surface area contributed by atoms with Crippen LogP contribution in [0.1, 0.15) is 42.9 Å². The van der Waals surface area contributed by atoms with Crippen molar-refractivity contribution in [3.63, 3.8) is 0 Å². The molecule has 4 nitrogen and oxygen atoms in total. The minimum atomic E-state index is 0.178. The summed E-state index contributed by atoms with van der Waals surface area (Å²) in [4.78, 5) is 19.3. The monoisotopic (exact) mass is 347 g/mol. The van der Waals surface area contributed by atoms with Gasteiger partial charge >= 0.3 is 0 Å². The van der Waals surface area contributed by atoms with E-state index in [1.807, 2.05) is 12.3 Å². The first kappa shape index (κ1) is 16.8. The Kier molecular flexibility index (Phi) is 4.74. The van der Waals surface area contributed by atoms with Gasteiger partial charge in [0.05, 0.1) is 6.04 Å². The zero-order valence-corrected chi connectivity index (χ0v) is 15.3. The van der Waals surface area contributed by atoms with Gasteiger partial charge in [0.25, 0.3) is 0 Å². The third kappa shape index (κ3) is 3.24. The number of carbonyl (C=O) groups excluding carboxylic acids is 1. The van der Waals surface area contributed by atoms with Crippen LogP contribution in [-0.4, -0.2) is 26.9 Å². The molecule has 134 valence electrons. The second kappa shape index (κ2) is 7.32. The SMILES string of the molecule is Cn1cc(CCC(=O)N2CCCC[C@@H]2c2cccnc2)c2ccccc21. The largest absolute Gasteiger partial charge is 0.350 e. The molecule has 1 fully saturated rings. The number of rotatable bonds is 4. The molecule has 0 aliphatic carbocycles. The average molecular weight is 347 g/mol. The van der Waals surface area contributed by atoms with Crippen LogP contribution < -0.4 is 0 Å². The first-order chi connectivity index (χ1) is 12.7. The molecule has 0 saturated carbocycles. The highest BCUT2D eigenvalue weighted by atomic mass is 16.2. The summed E-state index contributed by atoms with van der Waals surface area (Å²) in [5.41, 5.74) is 3.64. The van der Waals surface area contributed by atoms with E-state index in [0.717, 1.165) is 31.4 Å². The Morgan fingerprint density at radius 2 is 2.08 bits per heavy atom. The normalized spacial score (nSPS) is 17.6. The minimum absolute atomic E-state index is 0.178. The third-order valence-electron chi connectivity index (χ3n) is 5.48. The van der Waals surface area contributed by atoms with Crippen LogP contribution >= 0.6 is 0 Å². The number of piperidine rings is 1. The molecule has 0 N–H and O–H groups in total. The summed E-state index contributed by atoms with van der Waals surface area (Å²) < 4.78 is 2.15. The van der Waals surface area contributed by atoms with E-state index in [-0.39, 0.29) is 11.9 Å². The molecule has 3 heterocycles. The Labute approximate surface area is 154 Å². The van der Waals surface area contributed by atoms with Crippen LogP contribution in [0.15, 0.2) is 55.0 Å². The van der Waals surface area contributed by atoms with Gasteiger partial charge in [-0.1, -0.05) is 24.3 Å². The van der Waals surface area contributed by atoms with Crippen LogP contribution in [0.3, 0.4) is 0 Å². The lowest BCUT2D eigenvalue weighted by Gasteiger charge is -2.36. The van der Waals surface area contributed by atoms with Gasteiger partial charge in [0.1, 0.15) is 0 Å². The predicted octanol–water partition coefficient (Wildman–Crippen LogP) is 4.26. The second-order valence-corrected chi connectivity index (χ2v) is 7.17. The van der Waals surface area contributed by atoms with Crippen molar-refractivity contribution in [3.8, 4) is 0 Å². The molecule has 1 amide bonds. The second-order valence-electron chi connectivity index (χ2n) is 7.17. The lowest BCUT2D eigenvalue weighted by atomic mass is 9.95. The molecule has 1 aliphatic rings. The highest BCUT2D eigenvalue weighted by molar-refractivity contribution is 5.85. The van der Waals surface area contributed by atoms with Crippen molar-refractivity contribution < 1.29 is 4.79 Å². The molecule has 1 aromatic carbocycles. The predicted molar refractivity (Wildman–Crippen MR) is 104 cm³/mol. The topological polar surface area (TPSA) is 38.1 Å². The number of aryl methyl sites for hydroxylation is 2. The van der Waals surface area contributed by atoms with Crippen molar-refractivity contribution in [2.24, 2.45) is 7.05 Å². The van der Waals surface area contributed by atoms with Crippen LogP contribution in [-0.2, 0) is 18.3 Å². The smallest absolute Gasteiger partial charge is 0.223 e. The molecule has 1 atom stereocenters. The van der Waals surface area contributed by atoms with Gasteiger partial charge in [-0.05, 0) is 48.9 Å². The number of para-hydroxylation sites is 1. The van der Waals surface area contributed by atoms with E-state index in [1.54, 1.807) is 6.20 Å². The van der Waals surface area contributed by atoms with E-state index in [1.165, 1.54) is 22.9 Å². The molecule has 0 unspecified atom stereocenters. The van der Waals surface area contributed by atoms with Crippen LogP contribution in [0.2, 0.25) is 0 Å². The number of benzene rings is 1. The highest BCUT2D eigenvalue weighted by Gasteiger charge is 2.27. The summed E-state index contributed by atoms with van der Waals surface area (Å²) in [7, 11) is 2.07. The summed E-state index contributed by atoms with van der Waals surface area (Å²) >= 11 is 0. The molecule has 4 heteroatoms. The maximum atomic E-state index is 13.0. The van der Waals surface area contributed by atoms with Gasteiger partial charge < -0.3 is 9.47 Å². The van der Waals surface area contributed by atoms with Crippen molar-refractivity contribution >= 4 is 16.8 Å². The summed E-state index contributed by atoms with van der Waals surface area (Å²) in [5.74, 6) is 0.256. The summed E-state index contributed by atoms with van der Waals surface area (Å²) in [6.07, 6.45) is 10.5. The van der Waals surface area contributed by atoms with Gasteiger partial charge in [-0.25, -0.2) is 0 Å². The fourth-order valence-electron chi connectivity index (χ4n) is 4.16. The van der Waals surface area contributed by atoms with Crippen molar-refractivity contribution in [1.29, 1.82) is 0 Å². The fourth-order valence-corrected chi connectivity index (χ4v) is 4.16. The Morgan fingerprint density at radius 1 is 1.19 bits per heavy atom. The van der Waals surface area contributed by atoms with Gasteiger partial charge in [-0.15, -0.1) is 0 Å². The number of likely N-dealkylation sites (tertiary alicyclic amines) is 1. The maximum absolute atomic E-state index is 13.0. The van der Waals surface area contributed by atoms with E-state index >= 15 is 0 Å². The Balaban J connectivity index is 1.49. The number of fused-ring (bicyclic) bond motifs is 1. The molecule has 26 heavy (non-hydrogen) atoms. The molecule has 0 bridgehead atoms. The van der Waals surface area contributed by atoms with E-state index in [0.29, 0.717) is 6.42 Å². The van der Waals surface area contributed by atoms with Gasteiger partial charge in [-0.2, -0.15) is 0 Å². The van der Waals surface area contributed by atoms with Crippen molar-refractivity contribution in [1.82, 2.24) is 14.5 Å². The maximum Gasteiger partial charge on any atom is 0.223 e. The van der Waals surface area contributed by atoms with E-state index in [9.17, 15) is 4.79 Å². The number of amides is 1. The van der Waals surface area contributed by atoms with Gasteiger partial charge in [0.2, 0.25) is 5.91 Å². The quantitative estimate of drug-likeness (QED) is 0.707. The van der Waals surface area contributed by atoms with Crippen LogP contribution in [0.5, 0.6) is 0 Å². The van der Waals surface area contributed by atoms with Crippen LogP contribution in [0, 0.1) is 0 Å². The van der Waals surface area contributed by atoms with Crippen molar-refractivity contribution in [3.05, 3.63) is 66.1 Å². The van der Waals surface area contributed by atoms with Crippen LogP contribution in [0.25, 0.3) is 10.9 Å². The molecule has 1 aliphatic heterocycles. The van der Waals surface area contributed by atoms with Crippen molar-refractivity contribution in [2.75, 3.05) is 6.54 Å². The number of nitrogens with zero attached hydrogens (tertiary/aromatic N) is 3. The third-order valence-corrected chi connectivity index (χ3v) is 5.48. The van der Waals surface area contributed by atoms with Crippen LogP contribution in [0.4, 0.5) is 0 Å². The van der Waals surface area contributed by atoms with Gasteiger partial charge in [0, 0.05) is 49.5 Å². The Bertz CT molecular complexity index is 900. The van der Waals surface area contributed by atoms with E-state index < -0.39 is 0 Å². The zero-order valence-electron chi connectivity index (χ0n) is 15.3. The number of pyridine rings is 1. The Morgan fingerprint density at radius 3 is 2.92 bits per heavy atom. The number of hydrogen-bond donors (Lipinski definition) is 0. The highest BCUT2D eigenvalue weighted by Crippen LogP contribution is 2.31. The van der Waals surface area contributed by atoms with E-state index in [2.05, 4.69) is 58.0 Å².